The fraction of sp³-hybridized carbons (Fsp3) is 0.176. The molecule has 0 saturated carbocycles. The molecule has 1 N–H and O–H groups in total. The van der Waals surface area contributed by atoms with E-state index in [0.29, 0.717) is 0 Å². The quantitative estimate of drug-likeness (QED) is 0.761. The summed E-state index contributed by atoms with van der Waals surface area (Å²) in [4.78, 5) is 0. The Morgan fingerprint density at radius 1 is 1.00 bits per heavy atom. The summed E-state index contributed by atoms with van der Waals surface area (Å²) in [5, 5.41) is 4.39. The van der Waals surface area contributed by atoms with Gasteiger partial charge in [-0.25, -0.2) is 0 Å². The van der Waals surface area contributed by atoms with Crippen LogP contribution in [0.1, 0.15) is 5.56 Å². The summed E-state index contributed by atoms with van der Waals surface area (Å²) in [6.07, 6.45) is 2.86. The fourth-order valence-electron chi connectivity index (χ4n) is 2.35. The summed E-state index contributed by atoms with van der Waals surface area (Å²) in [5.41, 5.74) is 4.71. The molecule has 19 heavy (non-hydrogen) atoms. The lowest BCUT2D eigenvalue weighted by Gasteiger charge is -2.02. The van der Waals surface area contributed by atoms with E-state index in [9.17, 15) is 0 Å². The number of nitrogens with one attached hydrogen (secondary N) is 1. The molecule has 0 spiro atoms. The summed E-state index contributed by atoms with van der Waals surface area (Å²) in [5.74, 6) is 0. The van der Waals surface area contributed by atoms with E-state index < -0.39 is 0 Å². The zero-order valence-corrected chi connectivity index (χ0v) is 11.0. The van der Waals surface area contributed by atoms with Crippen LogP contribution in [0.4, 0.5) is 0 Å². The van der Waals surface area contributed by atoms with Gasteiger partial charge in [-0.05, 0) is 48.8 Å². The molecular formula is C17H17NO. The van der Waals surface area contributed by atoms with Crippen molar-refractivity contribution in [1.29, 1.82) is 0 Å². The molecule has 0 unspecified atom stereocenters. The maximum Gasteiger partial charge on any atom is 0.134 e. The molecule has 3 aromatic rings. The van der Waals surface area contributed by atoms with Gasteiger partial charge in [0, 0.05) is 5.39 Å². The van der Waals surface area contributed by atoms with E-state index in [-0.39, 0.29) is 0 Å². The Labute approximate surface area is 113 Å². The monoisotopic (exact) mass is 251 g/mol. The zero-order chi connectivity index (χ0) is 13.1. The molecule has 1 heterocycles. The lowest BCUT2D eigenvalue weighted by molar-refractivity contribution is 0.609. The van der Waals surface area contributed by atoms with E-state index in [1.54, 1.807) is 0 Å². The van der Waals surface area contributed by atoms with Crippen molar-refractivity contribution in [2.24, 2.45) is 0 Å². The molecule has 3 rings (SSSR count). The van der Waals surface area contributed by atoms with Crippen LogP contribution in [0, 0.1) is 0 Å². The minimum atomic E-state index is 0.962. The third-order valence-electron chi connectivity index (χ3n) is 3.41. The standard InChI is InChI=1S/C17H17NO/c1-18-10-9-15-12-19-17-8-7-14(11-16(15)17)13-5-3-2-4-6-13/h2-8,11-12,18H,9-10H2,1H3. The third-order valence-corrected chi connectivity index (χ3v) is 3.41. The predicted octanol–water partition coefficient (Wildman–Crippen LogP) is 3.86. The summed E-state index contributed by atoms with van der Waals surface area (Å²) < 4.78 is 5.61. The molecule has 0 aliphatic carbocycles. The summed E-state index contributed by atoms with van der Waals surface area (Å²) >= 11 is 0. The maximum absolute atomic E-state index is 5.61. The minimum Gasteiger partial charge on any atom is -0.464 e. The van der Waals surface area contributed by atoms with E-state index in [2.05, 4.69) is 47.8 Å². The average Bonchev–Trinajstić information content (AvgIpc) is 2.88. The highest BCUT2D eigenvalue weighted by Crippen LogP contribution is 2.27. The van der Waals surface area contributed by atoms with Crippen LogP contribution in [0.2, 0.25) is 0 Å². The highest BCUT2D eigenvalue weighted by molar-refractivity contribution is 5.86. The summed E-state index contributed by atoms with van der Waals surface area (Å²) in [6.45, 7) is 0.962. The highest BCUT2D eigenvalue weighted by Gasteiger charge is 2.07. The highest BCUT2D eigenvalue weighted by atomic mass is 16.3. The second kappa shape index (κ2) is 5.29. The van der Waals surface area contributed by atoms with Gasteiger partial charge >= 0.3 is 0 Å². The first-order chi connectivity index (χ1) is 9.38. The zero-order valence-electron chi connectivity index (χ0n) is 11.0. The lowest BCUT2D eigenvalue weighted by atomic mass is 10.0. The maximum atomic E-state index is 5.61. The van der Waals surface area contributed by atoms with E-state index in [1.807, 2.05) is 19.4 Å². The summed E-state index contributed by atoms with van der Waals surface area (Å²) in [6, 6.07) is 16.8. The van der Waals surface area contributed by atoms with Crippen LogP contribution in [0.25, 0.3) is 22.1 Å². The number of rotatable bonds is 4. The van der Waals surface area contributed by atoms with Crippen LogP contribution in [-0.4, -0.2) is 13.6 Å². The Morgan fingerprint density at radius 2 is 1.84 bits per heavy atom. The molecule has 0 saturated heterocycles. The van der Waals surface area contributed by atoms with E-state index in [0.717, 1.165) is 18.5 Å². The molecule has 0 aliphatic rings. The van der Waals surface area contributed by atoms with Crippen LogP contribution in [0.3, 0.4) is 0 Å². The molecule has 96 valence electrons. The Balaban J connectivity index is 2.04. The second-order valence-corrected chi connectivity index (χ2v) is 4.69. The molecule has 0 atom stereocenters. The number of hydrogen-bond acceptors (Lipinski definition) is 2. The number of fused-ring (bicyclic) bond motifs is 1. The Morgan fingerprint density at radius 3 is 2.63 bits per heavy atom. The summed E-state index contributed by atoms with van der Waals surface area (Å²) in [7, 11) is 1.97. The van der Waals surface area contributed by atoms with Crippen molar-refractivity contribution in [1.82, 2.24) is 5.32 Å². The first kappa shape index (κ1) is 12.0. The average molecular weight is 251 g/mol. The van der Waals surface area contributed by atoms with Crippen molar-refractivity contribution in [3.63, 3.8) is 0 Å². The molecule has 2 nitrogen and oxygen atoms in total. The molecule has 0 fully saturated rings. The molecule has 0 radical (unpaired) electrons. The minimum absolute atomic E-state index is 0.962. The van der Waals surface area contributed by atoms with Crippen molar-refractivity contribution in [2.45, 2.75) is 6.42 Å². The van der Waals surface area contributed by atoms with Gasteiger partial charge in [-0.2, -0.15) is 0 Å². The first-order valence-corrected chi connectivity index (χ1v) is 6.58. The van der Waals surface area contributed by atoms with Gasteiger partial charge in [0.15, 0.2) is 0 Å². The van der Waals surface area contributed by atoms with E-state index in [1.165, 1.54) is 22.1 Å². The second-order valence-electron chi connectivity index (χ2n) is 4.69. The Bertz CT molecular complexity index is 670. The van der Waals surface area contributed by atoms with Crippen molar-refractivity contribution in [3.8, 4) is 11.1 Å². The number of hydrogen-bond donors (Lipinski definition) is 1. The molecular weight excluding hydrogens is 234 g/mol. The van der Waals surface area contributed by atoms with Crippen LogP contribution >= 0.6 is 0 Å². The number of benzene rings is 2. The molecule has 0 aliphatic heterocycles. The molecule has 2 heteroatoms. The lowest BCUT2D eigenvalue weighted by Crippen LogP contribution is -2.09. The molecule has 1 aromatic heterocycles. The van der Waals surface area contributed by atoms with Gasteiger partial charge in [-0.1, -0.05) is 36.4 Å². The Kier molecular flexibility index (Phi) is 3.34. The van der Waals surface area contributed by atoms with Crippen LogP contribution < -0.4 is 5.32 Å². The Hall–Kier alpha value is -2.06. The van der Waals surface area contributed by atoms with Gasteiger partial charge in [0.2, 0.25) is 0 Å². The van der Waals surface area contributed by atoms with Gasteiger partial charge in [0.05, 0.1) is 6.26 Å². The van der Waals surface area contributed by atoms with Gasteiger partial charge in [-0.3, -0.25) is 0 Å². The van der Waals surface area contributed by atoms with E-state index in [4.69, 9.17) is 4.42 Å². The molecule has 2 aromatic carbocycles. The van der Waals surface area contributed by atoms with E-state index >= 15 is 0 Å². The molecule has 0 bridgehead atoms. The normalized spacial score (nSPS) is 11.0. The smallest absolute Gasteiger partial charge is 0.134 e. The van der Waals surface area contributed by atoms with Gasteiger partial charge < -0.3 is 9.73 Å². The van der Waals surface area contributed by atoms with Crippen molar-refractivity contribution in [2.75, 3.05) is 13.6 Å². The SMILES string of the molecule is CNCCc1coc2ccc(-c3ccccc3)cc12. The fourth-order valence-corrected chi connectivity index (χ4v) is 2.35. The van der Waals surface area contributed by atoms with Crippen LogP contribution in [0.5, 0.6) is 0 Å². The van der Waals surface area contributed by atoms with Crippen molar-refractivity contribution >= 4 is 11.0 Å². The third kappa shape index (κ3) is 2.40. The topological polar surface area (TPSA) is 25.2 Å². The number of likely N-dealkylation sites (N-methyl/N-ethyl adjacent to an activating group) is 1. The van der Waals surface area contributed by atoms with Gasteiger partial charge in [0.25, 0.3) is 0 Å². The van der Waals surface area contributed by atoms with Crippen LogP contribution in [0.15, 0.2) is 59.2 Å². The van der Waals surface area contributed by atoms with Crippen LogP contribution in [-0.2, 0) is 6.42 Å². The van der Waals surface area contributed by atoms with Crippen molar-refractivity contribution in [3.05, 3.63) is 60.4 Å². The first-order valence-electron chi connectivity index (χ1n) is 6.58. The largest absolute Gasteiger partial charge is 0.464 e. The predicted molar refractivity (Wildman–Crippen MR) is 79.3 cm³/mol. The number of furan rings is 1. The van der Waals surface area contributed by atoms with Crippen molar-refractivity contribution < 1.29 is 4.42 Å². The molecule has 0 amide bonds. The van der Waals surface area contributed by atoms with Gasteiger partial charge in [-0.15, -0.1) is 0 Å². The van der Waals surface area contributed by atoms with Gasteiger partial charge in [0.1, 0.15) is 5.58 Å².